The Hall–Kier alpha value is -3.35. The van der Waals surface area contributed by atoms with E-state index in [0.717, 1.165) is 23.0 Å². The van der Waals surface area contributed by atoms with Gasteiger partial charge in [0.1, 0.15) is 17.2 Å². The number of rotatable bonds is 8. The Bertz CT molecular complexity index is 1280. The molecule has 1 heterocycles. The fourth-order valence-corrected chi connectivity index (χ4v) is 3.95. The first kappa shape index (κ1) is 28.2. The van der Waals surface area contributed by atoms with Crippen LogP contribution in [0.15, 0.2) is 48.7 Å². The van der Waals surface area contributed by atoms with Gasteiger partial charge in [-0.25, -0.2) is 9.07 Å². The van der Waals surface area contributed by atoms with Crippen LogP contribution in [0, 0.1) is 5.82 Å². The molecule has 3 aromatic rings. The molecule has 14 heteroatoms. The molecular weight excluding hydrogens is 541 g/mol. The Morgan fingerprint density at radius 1 is 1.14 bits per heavy atom. The van der Waals surface area contributed by atoms with Crippen LogP contribution in [0.5, 0.6) is 0 Å². The molecule has 198 valence electrons. The molecule has 0 saturated heterocycles. The van der Waals surface area contributed by atoms with Gasteiger partial charge in [-0.15, -0.1) is 0 Å². The number of aromatic nitrogens is 2. The molecule has 0 bridgehead atoms. The van der Waals surface area contributed by atoms with Gasteiger partial charge >= 0.3 is 6.18 Å². The van der Waals surface area contributed by atoms with Crippen LogP contribution in [-0.2, 0) is 0 Å². The topological polar surface area (TPSA) is 113 Å². The fraction of sp³-hybridized carbons (Fsp3) is 0.261. The minimum atomic E-state index is -5.25. The zero-order chi connectivity index (χ0) is 27.5. The summed E-state index contributed by atoms with van der Waals surface area (Å²) in [6, 6.07) is 9.10. The van der Waals surface area contributed by atoms with E-state index in [4.69, 9.17) is 28.9 Å². The lowest BCUT2D eigenvalue weighted by Gasteiger charge is -2.35. The number of benzene rings is 2. The van der Waals surface area contributed by atoms with E-state index in [1.54, 1.807) is 0 Å². The Balaban J connectivity index is 1.81. The number of carbonyl (C=O) groups is 2. The van der Waals surface area contributed by atoms with Gasteiger partial charge in [0.15, 0.2) is 5.60 Å². The van der Waals surface area contributed by atoms with E-state index >= 15 is 0 Å². The number of hydrogen-bond donors (Lipinski definition) is 3. The summed E-state index contributed by atoms with van der Waals surface area (Å²) in [7, 11) is 0. The molecule has 0 aliphatic carbocycles. The summed E-state index contributed by atoms with van der Waals surface area (Å²) in [5.41, 5.74) is 2.19. The first-order chi connectivity index (χ1) is 17.3. The molecule has 0 radical (unpaired) electrons. The highest BCUT2D eigenvalue weighted by Crippen LogP contribution is 2.33. The Kier molecular flexibility index (Phi) is 8.35. The molecule has 0 aliphatic rings. The van der Waals surface area contributed by atoms with Gasteiger partial charge in [0.2, 0.25) is 0 Å². The average Bonchev–Trinajstić information content (AvgIpc) is 3.21. The maximum Gasteiger partial charge on any atom is 0.420 e. The van der Waals surface area contributed by atoms with Crippen molar-refractivity contribution in [2.24, 2.45) is 0 Å². The fourth-order valence-electron chi connectivity index (χ4n) is 3.39. The van der Waals surface area contributed by atoms with Crippen molar-refractivity contribution in [1.82, 2.24) is 20.0 Å². The van der Waals surface area contributed by atoms with Crippen LogP contribution in [0.2, 0.25) is 10.0 Å². The monoisotopic (exact) mass is 561 g/mol. The summed E-state index contributed by atoms with van der Waals surface area (Å²) in [5.74, 6) is -2.73. The van der Waals surface area contributed by atoms with Gasteiger partial charge in [0, 0.05) is 6.54 Å². The van der Waals surface area contributed by atoms with Crippen LogP contribution >= 0.6 is 23.2 Å². The molecule has 37 heavy (non-hydrogen) atoms. The molecule has 0 spiro atoms. The Morgan fingerprint density at radius 3 is 2.27 bits per heavy atom. The summed E-state index contributed by atoms with van der Waals surface area (Å²) in [6.45, 7) is -1.36. The summed E-state index contributed by atoms with van der Waals surface area (Å²) >= 11 is 12.0. The molecular formula is C23H21Cl2F4N5O3. The van der Waals surface area contributed by atoms with Gasteiger partial charge < -0.3 is 21.1 Å². The molecule has 0 saturated carbocycles. The van der Waals surface area contributed by atoms with Gasteiger partial charge in [-0.1, -0.05) is 29.3 Å². The molecule has 2 amide bonds. The van der Waals surface area contributed by atoms with E-state index in [-0.39, 0.29) is 33.5 Å². The number of anilines is 1. The number of nitrogen functional groups attached to an aromatic ring is 1. The quantitative estimate of drug-likeness (QED) is 0.358. The maximum atomic E-state index is 14.0. The van der Waals surface area contributed by atoms with Crippen molar-refractivity contribution in [3.8, 4) is 5.69 Å². The van der Waals surface area contributed by atoms with Crippen molar-refractivity contribution in [2.45, 2.75) is 18.7 Å². The number of alkyl halides is 3. The van der Waals surface area contributed by atoms with Gasteiger partial charge in [-0.2, -0.15) is 18.3 Å². The van der Waals surface area contributed by atoms with Crippen molar-refractivity contribution >= 4 is 40.8 Å². The lowest BCUT2D eigenvalue weighted by Crippen LogP contribution is -2.60. The van der Waals surface area contributed by atoms with Crippen molar-refractivity contribution in [3.05, 3.63) is 75.7 Å². The largest absolute Gasteiger partial charge is 0.420 e. The molecule has 0 unspecified atom stereocenters. The minimum absolute atomic E-state index is 0.0755. The Morgan fingerprint density at radius 2 is 1.73 bits per heavy atom. The highest BCUT2D eigenvalue weighted by Gasteiger charge is 2.55. The van der Waals surface area contributed by atoms with E-state index in [1.807, 2.05) is 5.32 Å². The summed E-state index contributed by atoms with van der Waals surface area (Å²) in [4.78, 5) is 26.3. The number of hydrogen-bond acceptors (Lipinski definition) is 5. The summed E-state index contributed by atoms with van der Waals surface area (Å²) in [6.07, 6.45) is -4.23. The molecule has 8 nitrogen and oxygen atoms in total. The Labute approximate surface area is 218 Å². The van der Waals surface area contributed by atoms with E-state index < -0.39 is 42.5 Å². The lowest BCUT2D eigenvalue weighted by atomic mass is 10.0. The van der Waals surface area contributed by atoms with Gasteiger partial charge in [-0.05, 0) is 43.3 Å². The predicted octanol–water partition coefficient (Wildman–Crippen LogP) is 4.09. The SMILES string of the molecule is CCN(C[C@](O)(CNC(=O)c1cnn(-c2ccc(F)cc2)c1N)C(F)(F)F)C(=O)c1c(Cl)cccc1Cl. The second-order valence-electron chi connectivity index (χ2n) is 7.96. The third-order valence-corrected chi connectivity index (χ3v) is 6.12. The normalized spacial score (nSPS) is 13.2. The van der Waals surface area contributed by atoms with E-state index in [9.17, 15) is 32.3 Å². The van der Waals surface area contributed by atoms with Crippen LogP contribution in [0.3, 0.4) is 0 Å². The van der Waals surface area contributed by atoms with Crippen LogP contribution in [0.4, 0.5) is 23.4 Å². The van der Waals surface area contributed by atoms with Crippen molar-refractivity contribution in [2.75, 3.05) is 25.4 Å². The van der Waals surface area contributed by atoms with Crippen molar-refractivity contribution in [3.63, 3.8) is 0 Å². The van der Waals surface area contributed by atoms with Crippen LogP contribution in [0.1, 0.15) is 27.6 Å². The molecule has 3 rings (SSSR count). The predicted molar refractivity (Wildman–Crippen MR) is 129 cm³/mol. The van der Waals surface area contributed by atoms with Crippen molar-refractivity contribution in [1.29, 1.82) is 0 Å². The van der Waals surface area contributed by atoms with Crippen molar-refractivity contribution < 1.29 is 32.3 Å². The zero-order valence-electron chi connectivity index (χ0n) is 19.2. The highest BCUT2D eigenvalue weighted by atomic mass is 35.5. The third-order valence-electron chi connectivity index (χ3n) is 5.49. The number of halogens is 6. The number of amides is 2. The zero-order valence-corrected chi connectivity index (χ0v) is 20.7. The molecule has 1 atom stereocenters. The average molecular weight is 562 g/mol. The minimum Gasteiger partial charge on any atom is -0.383 e. The number of carbonyl (C=O) groups excluding carboxylic acids is 2. The van der Waals surface area contributed by atoms with Crippen LogP contribution < -0.4 is 11.1 Å². The number of aliphatic hydroxyl groups is 1. The highest BCUT2D eigenvalue weighted by molar-refractivity contribution is 6.39. The number of nitrogens with two attached hydrogens (primary N) is 1. The third kappa shape index (κ3) is 5.97. The van der Waals surface area contributed by atoms with E-state index in [2.05, 4.69) is 5.10 Å². The molecule has 2 aromatic carbocycles. The second-order valence-corrected chi connectivity index (χ2v) is 8.77. The number of nitrogens with zero attached hydrogens (tertiary/aromatic N) is 3. The summed E-state index contributed by atoms with van der Waals surface area (Å²) < 4.78 is 56.1. The number of likely N-dealkylation sites (N-methyl/N-ethyl adjacent to an activating group) is 1. The molecule has 0 fully saturated rings. The number of nitrogens with one attached hydrogen (secondary N) is 1. The maximum absolute atomic E-state index is 14.0. The molecule has 0 aliphatic heterocycles. The summed E-state index contributed by atoms with van der Waals surface area (Å²) in [5, 5.41) is 16.3. The van der Waals surface area contributed by atoms with Gasteiger partial charge in [0.25, 0.3) is 11.8 Å². The van der Waals surface area contributed by atoms with Crippen LogP contribution in [-0.4, -0.2) is 63.0 Å². The lowest BCUT2D eigenvalue weighted by molar-refractivity contribution is -0.259. The van der Waals surface area contributed by atoms with E-state index in [0.29, 0.717) is 10.6 Å². The molecule has 4 N–H and O–H groups in total. The molecule has 1 aromatic heterocycles. The smallest absolute Gasteiger partial charge is 0.383 e. The first-order valence-electron chi connectivity index (χ1n) is 10.7. The second kappa shape index (κ2) is 11.0. The van der Waals surface area contributed by atoms with Crippen LogP contribution in [0.25, 0.3) is 5.69 Å². The van der Waals surface area contributed by atoms with Gasteiger partial charge in [0.05, 0.1) is 40.6 Å². The van der Waals surface area contributed by atoms with E-state index in [1.165, 1.54) is 37.3 Å². The first-order valence-corrected chi connectivity index (χ1v) is 11.4. The van der Waals surface area contributed by atoms with Gasteiger partial charge in [-0.3, -0.25) is 9.59 Å². The standard InChI is InChI=1S/C23H21Cl2F4N5O3/c1-2-33(21(36)18-16(24)4-3-5-17(18)25)12-22(37,23(27,28)29)11-31-20(35)15-10-32-34(19(15)30)14-8-6-13(26)7-9-14/h3-10,37H,2,11-12,30H2,1H3,(H,31,35)/t22-/m1/s1.